The lowest BCUT2D eigenvalue weighted by Crippen LogP contribution is -2.33. The number of carbonyl (C=O) groups excluding carboxylic acids is 1. The number of benzene rings is 3. The molecule has 27 heavy (non-hydrogen) atoms. The predicted molar refractivity (Wildman–Crippen MR) is 114 cm³/mol. The van der Waals surface area contributed by atoms with Crippen molar-refractivity contribution >= 4 is 38.4 Å². The van der Waals surface area contributed by atoms with E-state index in [0.29, 0.717) is 13.1 Å². The fraction of sp³-hybridized carbons (Fsp3) is 0.0870. The van der Waals surface area contributed by atoms with Crippen molar-refractivity contribution in [3.8, 4) is 0 Å². The van der Waals surface area contributed by atoms with Crippen LogP contribution in [0.4, 0.5) is 5.69 Å². The molecular formula is C23H19BrN2O. The topological polar surface area (TPSA) is 25.2 Å². The third-order valence-electron chi connectivity index (χ3n) is 4.59. The average Bonchev–Trinajstić information content (AvgIpc) is 3.09. The molecule has 0 saturated carbocycles. The number of halogens is 1. The van der Waals surface area contributed by atoms with Gasteiger partial charge < -0.3 is 9.47 Å². The molecule has 1 amide bonds. The summed E-state index contributed by atoms with van der Waals surface area (Å²) in [5.41, 5.74) is 3.07. The van der Waals surface area contributed by atoms with Gasteiger partial charge in [0.15, 0.2) is 0 Å². The minimum Gasteiger partial charge on any atom is -0.338 e. The highest BCUT2D eigenvalue weighted by atomic mass is 79.9. The highest BCUT2D eigenvalue weighted by Gasteiger charge is 2.17. The lowest BCUT2D eigenvalue weighted by molar-refractivity contribution is -0.119. The van der Waals surface area contributed by atoms with E-state index in [4.69, 9.17) is 0 Å². The van der Waals surface area contributed by atoms with E-state index in [9.17, 15) is 4.79 Å². The van der Waals surface area contributed by atoms with Crippen molar-refractivity contribution in [2.75, 3.05) is 4.90 Å². The number of hydrogen-bond acceptors (Lipinski definition) is 1. The van der Waals surface area contributed by atoms with E-state index >= 15 is 0 Å². The van der Waals surface area contributed by atoms with Crippen LogP contribution in [-0.4, -0.2) is 10.5 Å². The lowest BCUT2D eigenvalue weighted by Gasteiger charge is -2.23. The molecule has 1 heterocycles. The summed E-state index contributed by atoms with van der Waals surface area (Å²) in [4.78, 5) is 15.1. The van der Waals surface area contributed by atoms with Gasteiger partial charge in [-0.25, -0.2) is 0 Å². The Morgan fingerprint density at radius 1 is 0.889 bits per heavy atom. The van der Waals surface area contributed by atoms with E-state index in [0.717, 1.165) is 26.6 Å². The van der Waals surface area contributed by atoms with E-state index in [1.54, 1.807) is 0 Å². The molecule has 0 N–H and O–H groups in total. The van der Waals surface area contributed by atoms with Crippen molar-refractivity contribution in [1.29, 1.82) is 0 Å². The van der Waals surface area contributed by atoms with Gasteiger partial charge in [0, 0.05) is 27.3 Å². The number of rotatable bonds is 5. The second-order valence-corrected chi connectivity index (χ2v) is 7.36. The van der Waals surface area contributed by atoms with Gasteiger partial charge in [0.05, 0.1) is 6.54 Å². The molecule has 0 spiro atoms. The quantitative estimate of drug-likeness (QED) is 0.411. The molecule has 134 valence electrons. The number of amides is 1. The maximum absolute atomic E-state index is 13.2. The Morgan fingerprint density at radius 2 is 1.59 bits per heavy atom. The maximum Gasteiger partial charge on any atom is 0.247 e. The number of para-hydroxylation sites is 1. The number of aromatic nitrogens is 1. The van der Waals surface area contributed by atoms with E-state index in [-0.39, 0.29) is 5.91 Å². The Hall–Kier alpha value is -2.85. The molecule has 4 rings (SSSR count). The molecule has 0 aliphatic heterocycles. The molecule has 3 aromatic carbocycles. The van der Waals surface area contributed by atoms with E-state index < -0.39 is 0 Å². The summed E-state index contributed by atoms with van der Waals surface area (Å²) in [7, 11) is 0. The summed E-state index contributed by atoms with van der Waals surface area (Å²) in [5.74, 6) is 0.0606. The normalized spacial score (nSPS) is 10.9. The number of carbonyl (C=O) groups is 1. The first kappa shape index (κ1) is 17.6. The zero-order valence-electron chi connectivity index (χ0n) is 14.8. The van der Waals surface area contributed by atoms with Crippen LogP contribution in [0.15, 0.2) is 95.6 Å². The van der Waals surface area contributed by atoms with Crippen LogP contribution in [0, 0.1) is 0 Å². The van der Waals surface area contributed by atoms with Gasteiger partial charge in [-0.3, -0.25) is 4.79 Å². The highest BCUT2D eigenvalue weighted by molar-refractivity contribution is 9.10. The van der Waals surface area contributed by atoms with Gasteiger partial charge in [-0.15, -0.1) is 0 Å². The zero-order valence-corrected chi connectivity index (χ0v) is 16.3. The third kappa shape index (κ3) is 3.96. The summed E-state index contributed by atoms with van der Waals surface area (Å²) in [6.45, 7) is 0.849. The standard InChI is InChI=1S/C23H19BrN2O/c24-20-11-12-22-19(15-20)13-14-25(22)17-23(27)26(21-9-5-2-6-10-21)16-18-7-3-1-4-8-18/h1-15H,16-17H2. The molecule has 0 bridgehead atoms. The Balaban J connectivity index is 1.63. The van der Waals surface area contributed by atoms with Crippen molar-refractivity contribution in [3.63, 3.8) is 0 Å². The van der Waals surface area contributed by atoms with Gasteiger partial charge in [-0.2, -0.15) is 0 Å². The molecule has 4 aromatic rings. The minimum absolute atomic E-state index is 0.0606. The zero-order chi connectivity index (χ0) is 18.6. The van der Waals surface area contributed by atoms with Crippen LogP contribution in [0.2, 0.25) is 0 Å². The lowest BCUT2D eigenvalue weighted by atomic mass is 10.2. The van der Waals surface area contributed by atoms with Crippen molar-refractivity contribution in [3.05, 3.63) is 101 Å². The fourth-order valence-corrected chi connectivity index (χ4v) is 3.62. The van der Waals surface area contributed by atoms with E-state index in [1.807, 2.05) is 94.5 Å². The van der Waals surface area contributed by atoms with Crippen LogP contribution in [-0.2, 0) is 17.9 Å². The molecule has 0 radical (unpaired) electrons. The van der Waals surface area contributed by atoms with Gasteiger partial charge in [0.2, 0.25) is 5.91 Å². The monoisotopic (exact) mass is 418 g/mol. The van der Waals surface area contributed by atoms with E-state index in [1.165, 1.54) is 0 Å². The van der Waals surface area contributed by atoms with Crippen molar-refractivity contribution in [2.24, 2.45) is 0 Å². The van der Waals surface area contributed by atoms with Crippen LogP contribution >= 0.6 is 15.9 Å². The van der Waals surface area contributed by atoms with Crippen LogP contribution in [0.1, 0.15) is 5.56 Å². The second kappa shape index (κ2) is 7.80. The van der Waals surface area contributed by atoms with Crippen LogP contribution in [0.5, 0.6) is 0 Å². The van der Waals surface area contributed by atoms with Crippen molar-refractivity contribution in [1.82, 2.24) is 4.57 Å². The summed E-state index contributed by atoms with van der Waals surface area (Å²) < 4.78 is 3.04. The number of fused-ring (bicyclic) bond motifs is 1. The SMILES string of the molecule is O=C(Cn1ccc2cc(Br)ccc21)N(Cc1ccccc1)c1ccccc1. The molecule has 0 aliphatic rings. The molecule has 0 aliphatic carbocycles. The number of anilines is 1. The molecule has 0 atom stereocenters. The summed E-state index contributed by atoms with van der Waals surface area (Å²) >= 11 is 3.50. The second-order valence-electron chi connectivity index (χ2n) is 6.45. The fourth-order valence-electron chi connectivity index (χ4n) is 3.24. The van der Waals surface area contributed by atoms with Gasteiger partial charge in [0.25, 0.3) is 0 Å². The molecule has 0 unspecified atom stereocenters. The number of hydrogen-bond donors (Lipinski definition) is 0. The Labute approximate surface area is 167 Å². The Kier molecular flexibility index (Phi) is 5.07. The first-order valence-corrected chi connectivity index (χ1v) is 9.64. The van der Waals surface area contributed by atoms with Crippen LogP contribution in [0.25, 0.3) is 10.9 Å². The van der Waals surface area contributed by atoms with Crippen LogP contribution < -0.4 is 4.90 Å². The number of nitrogens with zero attached hydrogens (tertiary/aromatic N) is 2. The highest BCUT2D eigenvalue weighted by Crippen LogP contribution is 2.22. The van der Waals surface area contributed by atoms with Gasteiger partial charge in [-0.1, -0.05) is 64.5 Å². The summed E-state index contributed by atoms with van der Waals surface area (Å²) in [6, 6.07) is 28.1. The molecule has 3 nitrogen and oxygen atoms in total. The molecule has 4 heteroatoms. The van der Waals surface area contributed by atoms with Crippen molar-refractivity contribution < 1.29 is 4.79 Å². The van der Waals surface area contributed by atoms with Gasteiger partial charge in [0.1, 0.15) is 6.54 Å². The average molecular weight is 419 g/mol. The smallest absolute Gasteiger partial charge is 0.247 e. The summed E-state index contributed by atoms with van der Waals surface area (Å²) in [6.07, 6.45) is 1.97. The Bertz CT molecular complexity index is 1060. The van der Waals surface area contributed by atoms with Crippen LogP contribution in [0.3, 0.4) is 0 Å². The molecular weight excluding hydrogens is 400 g/mol. The third-order valence-corrected chi connectivity index (χ3v) is 5.08. The molecule has 1 aromatic heterocycles. The first-order valence-electron chi connectivity index (χ1n) is 8.84. The van der Waals surface area contributed by atoms with Crippen molar-refractivity contribution in [2.45, 2.75) is 13.1 Å². The Morgan fingerprint density at radius 3 is 2.33 bits per heavy atom. The first-order chi connectivity index (χ1) is 13.2. The molecule has 0 fully saturated rings. The van der Waals surface area contributed by atoms with Gasteiger partial charge in [-0.05, 0) is 42.0 Å². The predicted octanol–water partition coefficient (Wildman–Crippen LogP) is 5.64. The minimum atomic E-state index is 0.0606. The maximum atomic E-state index is 13.2. The van der Waals surface area contributed by atoms with Gasteiger partial charge >= 0.3 is 0 Å². The van der Waals surface area contributed by atoms with E-state index in [2.05, 4.69) is 22.0 Å². The largest absolute Gasteiger partial charge is 0.338 e. The summed E-state index contributed by atoms with van der Waals surface area (Å²) in [5, 5.41) is 1.12. The molecule has 0 saturated heterocycles.